The fourth-order valence-corrected chi connectivity index (χ4v) is 1.34. The Bertz CT molecular complexity index is 321. The lowest BCUT2D eigenvalue weighted by Gasteiger charge is -2.18. The van der Waals surface area contributed by atoms with Crippen molar-refractivity contribution in [2.75, 3.05) is 11.9 Å². The van der Waals surface area contributed by atoms with Gasteiger partial charge in [0, 0.05) is 17.2 Å². The van der Waals surface area contributed by atoms with E-state index in [1.165, 1.54) is 11.8 Å². The van der Waals surface area contributed by atoms with Crippen molar-refractivity contribution in [3.63, 3.8) is 0 Å². The third kappa shape index (κ3) is 2.56. The SMILES string of the molecule is CC(O)C(=O)N(C)c1ccc(Br)cc1. The van der Waals surface area contributed by atoms with Crippen LogP contribution in [0.2, 0.25) is 0 Å². The summed E-state index contributed by atoms with van der Waals surface area (Å²) >= 11 is 3.31. The molecule has 1 aromatic carbocycles. The second-order valence-corrected chi connectivity index (χ2v) is 3.97. The molecule has 0 saturated heterocycles. The number of aliphatic hydroxyl groups is 1. The predicted molar refractivity (Wildman–Crippen MR) is 59.2 cm³/mol. The maximum absolute atomic E-state index is 11.4. The van der Waals surface area contributed by atoms with Crippen LogP contribution in [0.4, 0.5) is 5.69 Å². The van der Waals surface area contributed by atoms with E-state index in [1.807, 2.05) is 24.3 Å². The van der Waals surface area contributed by atoms with Gasteiger partial charge in [-0.25, -0.2) is 0 Å². The maximum atomic E-state index is 11.4. The molecule has 0 aliphatic carbocycles. The molecule has 1 amide bonds. The first kappa shape index (κ1) is 11.2. The minimum Gasteiger partial charge on any atom is -0.384 e. The Kier molecular flexibility index (Phi) is 3.66. The lowest BCUT2D eigenvalue weighted by molar-refractivity contribution is -0.125. The Morgan fingerprint density at radius 3 is 2.36 bits per heavy atom. The number of hydrogen-bond donors (Lipinski definition) is 1. The van der Waals surface area contributed by atoms with Crippen molar-refractivity contribution in [2.24, 2.45) is 0 Å². The first-order valence-corrected chi connectivity index (χ1v) is 5.03. The molecule has 0 bridgehead atoms. The first-order chi connectivity index (χ1) is 6.52. The largest absolute Gasteiger partial charge is 0.384 e. The highest BCUT2D eigenvalue weighted by molar-refractivity contribution is 9.10. The van der Waals surface area contributed by atoms with E-state index in [4.69, 9.17) is 5.11 Å². The van der Waals surface area contributed by atoms with E-state index in [2.05, 4.69) is 15.9 Å². The second-order valence-electron chi connectivity index (χ2n) is 3.05. The highest BCUT2D eigenvalue weighted by Gasteiger charge is 2.15. The van der Waals surface area contributed by atoms with Crippen LogP contribution >= 0.6 is 15.9 Å². The molecule has 0 fully saturated rings. The zero-order valence-corrected chi connectivity index (χ0v) is 9.65. The number of likely N-dealkylation sites (N-methyl/N-ethyl adjacent to an activating group) is 1. The van der Waals surface area contributed by atoms with Gasteiger partial charge in [0.1, 0.15) is 6.10 Å². The van der Waals surface area contributed by atoms with Crippen molar-refractivity contribution in [1.82, 2.24) is 0 Å². The zero-order chi connectivity index (χ0) is 10.7. The van der Waals surface area contributed by atoms with Gasteiger partial charge in [-0.05, 0) is 31.2 Å². The summed E-state index contributed by atoms with van der Waals surface area (Å²) in [6.45, 7) is 1.46. The molecule has 14 heavy (non-hydrogen) atoms. The van der Waals surface area contributed by atoms with Crippen LogP contribution in [0.25, 0.3) is 0 Å². The van der Waals surface area contributed by atoms with Crippen molar-refractivity contribution in [2.45, 2.75) is 13.0 Å². The van der Waals surface area contributed by atoms with Gasteiger partial charge in [0.25, 0.3) is 5.91 Å². The van der Waals surface area contributed by atoms with E-state index < -0.39 is 6.10 Å². The fourth-order valence-electron chi connectivity index (χ4n) is 1.07. The quantitative estimate of drug-likeness (QED) is 0.878. The number of rotatable bonds is 2. The van der Waals surface area contributed by atoms with Crippen LogP contribution < -0.4 is 4.90 Å². The second kappa shape index (κ2) is 4.57. The number of carbonyl (C=O) groups is 1. The normalized spacial score (nSPS) is 12.3. The molecule has 1 N–H and O–H groups in total. The Morgan fingerprint density at radius 2 is 1.93 bits per heavy atom. The van der Waals surface area contributed by atoms with Gasteiger partial charge in [-0.2, -0.15) is 0 Å². The van der Waals surface area contributed by atoms with E-state index in [-0.39, 0.29) is 5.91 Å². The molecular weight excluding hydrogens is 246 g/mol. The smallest absolute Gasteiger partial charge is 0.255 e. The van der Waals surface area contributed by atoms with Gasteiger partial charge in [-0.15, -0.1) is 0 Å². The summed E-state index contributed by atoms with van der Waals surface area (Å²) in [4.78, 5) is 12.8. The van der Waals surface area contributed by atoms with Crippen LogP contribution in [-0.2, 0) is 4.79 Å². The zero-order valence-electron chi connectivity index (χ0n) is 8.07. The molecule has 4 heteroatoms. The number of nitrogens with zero attached hydrogens (tertiary/aromatic N) is 1. The Morgan fingerprint density at radius 1 is 1.43 bits per heavy atom. The van der Waals surface area contributed by atoms with E-state index in [0.717, 1.165) is 10.2 Å². The van der Waals surface area contributed by atoms with Crippen molar-refractivity contribution in [3.8, 4) is 0 Å². The van der Waals surface area contributed by atoms with E-state index >= 15 is 0 Å². The number of carbonyl (C=O) groups excluding carboxylic acids is 1. The average Bonchev–Trinajstić information content (AvgIpc) is 2.16. The molecule has 0 spiro atoms. The van der Waals surface area contributed by atoms with Crippen LogP contribution in [0.5, 0.6) is 0 Å². The summed E-state index contributed by atoms with van der Waals surface area (Å²) in [6, 6.07) is 7.32. The van der Waals surface area contributed by atoms with E-state index in [0.29, 0.717) is 0 Å². The highest BCUT2D eigenvalue weighted by atomic mass is 79.9. The molecule has 1 atom stereocenters. The summed E-state index contributed by atoms with van der Waals surface area (Å²) in [5.74, 6) is -0.313. The van der Waals surface area contributed by atoms with Gasteiger partial charge < -0.3 is 10.0 Å². The Hall–Kier alpha value is -0.870. The fraction of sp³-hybridized carbons (Fsp3) is 0.300. The number of hydrogen-bond acceptors (Lipinski definition) is 2. The third-order valence-corrected chi connectivity index (χ3v) is 2.43. The molecule has 0 saturated carbocycles. The summed E-state index contributed by atoms with van der Waals surface area (Å²) in [5.41, 5.74) is 0.763. The van der Waals surface area contributed by atoms with Gasteiger partial charge >= 0.3 is 0 Å². The predicted octanol–water partition coefficient (Wildman–Crippen LogP) is 1.79. The molecule has 3 nitrogen and oxygen atoms in total. The highest BCUT2D eigenvalue weighted by Crippen LogP contribution is 2.17. The average molecular weight is 258 g/mol. The Labute approximate surface area is 91.5 Å². The summed E-state index contributed by atoms with van der Waals surface area (Å²) in [7, 11) is 1.64. The first-order valence-electron chi connectivity index (χ1n) is 4.23. The lowest BCUT2D eigenvalue weighted by atomic mass is 10.2. The van der Waals surface area contributed by atoms with Crippen LogP contribution in [-0.4, -0.2) is 24.2 Å². The number of anilines is 1. The van der Waals surface area contributed by atoms with Crippen LogP contribution in [0.1, 0.15) is 6.92 Å². The van der Waals surface area contributed by atoms with Crippen molar-refractivity contribution >= 4 is 27.5 Å². The van der Waals surface area contributed by atoms with E-state index in [9.17, 15) is 4.79 Å². The topological polar surface area (TPSA) is 40.5 Å². The lowest BCUT2D eigenvalue weighted by Crippen LogP contribution is -2.34. The van der Waals surface area contributed by atoms with Gasteiger partial charge in [-0.1, -0.05) is 15.9 Å². The third-order valence-electron chi connectivity index (χ3n) is 1.90. The standard InChI is InChI=1S/C10H12BrNO2/c1-7(13)10(14)12(2)9-5-3-8(11)4-6-9/h3-7,13H,1-2H3. The van der Waals surface area contributed by atoms with Crippen molar-refractivity contribution in [3.05, 3.63) is 28.7 Å². The molecule has 1 rings (SSSR count). The van der Waals surface area contributed by atoms with Gasteiger partial charge in [0.05, 0.1) is 0 Å². The van der Waals surface area contributed by atoms with Crippen LogP contribution in [0.15, 0.2) is 28.7 Å². The summed E-state index contributed by atoms with van der Waals surface area (Å²) in [6.07, 6.45) is -0.969. The summed E-state index contributed by atoms with van der Waals surface area (Å²) in [5, 5.41) is 9.11. The Balaban J connectivity index is 2.84. The monoisotopic (exact) mass is 257 g/mol. The number of benzene rings is 1. The number of aliphatic hydroxyl groups excluding tert-OH is 1. The van der Waals surface area contributed by atoms with Crippen LogP contribution in [0.3, 0.4) is 0 Å². The molecule has 1 aromatic rings. The van der Waals surface area contributed by atoms with Crippen molar-refractivity contribution < 1.29 is 9.90 Å². The molecule has 0 radical (unpaired) electrons. The number of amides is 1. The summed E-state index contributed by atoms with van der Waals surface area (Å²) < 4.78 is 0.958. The minimum absolute atomic E-state index is 0.313. The van der Waals surface area contributed by atoms with E-state index in [1.54, 1.807) is 7.05 Å². The molecule has 0 aliphatic rings. The van der Waals surface area contributed by atoms with Gasteiger partial charge in [-0.3, -0.25) is 4.79 Å². The molecule has 0 heterocycles. The van der Waals surface area contributed by atoms with Crippen molar-refractivity contribution in [1.29, 1.82) is 0 Å². The van der Waals surface area contributed by atoms with Gasteiger partial charge in [0.15, 0.2) is 0 Å². The molecule has 76 valence electrons. The molecular formula is C10H12BrNO2. The van der Waals surface area contributed by atoms with Gasteiger partial charge in [0.2, 0.25) is 0 Å². The molecule has 1 unspecified atom stereocenters. The molecule has 0 aliphatic heterocycles. The minimum atomic E-state index is -0.969. The number of halogens is 1. The van der Waals surface area contributed by atoms with Crippen LogP contribution in [0, 0.1) is 0 Å². The molecule has 0 aromatic heterocycles. The maximum Gasteiger partial charge on any atom is 0.255 e.